The van der Waals surface area contributed by atoms with E-state index < -0.39 is 0 Å². The minimum atomic E-state index is 0.282. The van der Waals surface area contributed by atoms with Gasteiger partial charge in [-0.1, -0.05) is 38.1 Å². The van der Waals surface area contributed by atoms with Crippen molar-refractivity contribution in [3.63, 3.8) is 0 Å². The van der Waals surface area contributed by atoms with E-state index in [0.29, 0.717) is 5.92 Å². The van der Waals surface area contributed by atoms with E-state index in [0.717, 1.165) is 30.3 Å². The van der Waals surface area contributed by atoms with Crippen molar-refractivity contribution in [3.8, 4) is 11.4 Å². The molecule has 0 amide bonds. The van der Waals surface area contributed by atoms with Crippen LogP contribution in [0.2, 0.25) is 0 Å². The van der Waals surface area contributed by atoms with Crippen molar-refractivity contribution in [2.45, 2.75) is 39.3 Å². The van der Waals surface area contributed by atoms with Crippen molar-refractivity contribution in [2.24, 2.45) is 0 Å². The van der Waals surface area contributed by atoms with E-state index in [-0.39, 0.29) is 6.04 Å². The normalized spacial score (nSPS) is 18.6. The molecule has 4 heteroatoms. The summed E-state index contributed by atoms with van der Waals surface area (Å²) in [5.74, 6) is 2.58. The summed E-state index contributed by atoms with van der Waals surface area (Å²) in [5, 5.41) is 12.1. The van der Waals surface area contributed by atoms with E-state index in [9.17, 15) is 0 Å². The van der Waals surface area contributed by atoms with Gasteiger partial charge in [0.05, 0.1) is 6.04 Å². The molecule has 0 fully saturated rings. The van der Waals surface area contributed by atoms with Crippen molar-refractivity contribution >= 4 is 0 Å². The number of hydrogen-bond acceptors (Lipinski definition) is 3. The Kier molecular flexibility index (Phi) is 3.11. The molecule has 3 rings (SSSR count). The van der Waals surface area contributed by atoms with Gasteiger partial charge in [0.25, 0.3) is 0 Å². The highest BCUT2D eigenvalue weighted by Crippen LogP contribution is 2.25. The first-order valence-corrected chi connectivity index (χ1v) is 6.93. The third-order valence-electron chi connectivity index (χ3n) is 3.79. The molecule has 0 aliphatic carbocycles. The average molecular weight is 256 g/mol. The zero-order chi connectivity index (χ0) is 13.4. The Balaban J connectivity index is 1.98. The largest absolute Gasteiger partial charge is 0.308 e. The molecule has 1 aliphatic rings. The van der Waals surface area contributed by atoms with Crippen LogP contribution in [0.1, 0.15) is 44.1 Å². The second-order valence-electron chi connectivity index (χ2n) is 5.49. The summed E-state index contributed by atoms with van der Waals surface area (Å²) in [5.41, 5.74) is 2.51. The zero-order valence-corrected chi connectivity index (χ0v) is 11.7. The lowest BCUT2D eigenvalue weighted by Gasteiger charge is -2.22. The summed E-state index contributed by atoms with van der Waals surface area (Å²) in [7, 11) is 0. The summed E-state index contributed by atoms with van der Waals surface area (Å²) < 4.78 is 2.23. The van der Waals surface area contributed by atoms with Gasteiger partial charge in [-0.25, -0.2) is 0 Å². The maximum absolute atomic E-state index is 4.37. The van der Waals surface area contributed by atoms with Gasteiger partial charge in [0.1, 0.15) is 5.82 Å². The molecular formula is C15H20N4. The Labute approximate surface area is 113 Å². The van der Waals surface area contributed by atoms with Crippen LogP contribution in [0.25, 0.3) is 11.4 Å². The highest BCUT2D eigenvalue weighted by Gasteiger charge is 2.21. The number of nitrogens with zero attached hydrogens (tertiary/aromatic N) is 3. The molecular weight excluding hydrogens is 236 g/mol. The average Bonchev–Trinajstić information content (AvgIpc) is 2.84. The second kappa shape index (κ2) is 4.78. The molecule has 0 radical (unpaired) electrons. The van der Waals surface area contributed by atoms with Gasteiger partial charge in [-0.3, -0.25) is 0 Å². The van der Waals surface area contributed by atoms with Crippen molar-refractivity contribution in [3.05, 3.63) is 35.7 Å². The number of fused-ring (bicyclic) bond motifs is 1. The van der Waals surface area contributed by atoms with Crippen molar-refractivity contribution in [1.29, 1.82) is 0 Å². The van der Waals surface area contributed by atoms with Gasteiger partial charge in [-0.15, -0.1) is 10.2 Å². The van der Waals surface area contributed by atoms with E-state index in [1.54, 1.807) is 0 Å². The minimum absolute atomic E-state index is 0.282. The molecule has 19 heavy (non-hydrogen) atoms. The van der Waals surface area contributed by atoms with Crippen LogP contribution >= 0.6 is 0 Å². The maximum Gasteiger partial charge on any atom is 0.164 e. The van der Waals surface area contributed by atoms with E-state index in [2.05, 4.69) is 65.1 Å². The predicted octanol–water partition coefficient (Wildman–Crippen LogP) is 2.73. The standard InChI is InChI=1S/C15H20N4/c1-10(2)12-4-6-13(7-5-12)15-18-17-14-11(3)16-8-9-19(14)15/h4-7,10-11,16H,8-9H2,1-3H3. The summed E-state index contributed by atoms with van der Waals surface area (Å²) in [6, 6.07) is 8.96. The summed E-state index contributed by atoms with van der Waals surface area (Å²) in [4.78, 5) is 0. The molecule has 1 aliphatic heterocycles. The monoisotopic (exact) mass is 256 g/mol. The number of aromatic nitrogens is 3. The zero-order valence-electron chi connectivity index (χ0n) is 11.7. The van der Waals surface area contributed by atoms with E-state index in [4.69, 9.17) is 0 Å². The SMILES string of the molecule is CC(C)c1ccc(-c2nnc3n2CCNC3C)cc1. The number of hydrogen-bond donors (Lipinski definition) is 1. The van der Waals surface area contributed by atoms with Crippen molar-refractivity contribution in [2.75, 3.05) is 6.54 Å². The third kappa shape index (κ3) is 2.16. The molecule has 100 valence electrons. The lowest BCUT2D eigenvalue weighted by atomic mass is 10.0. The van der Waals surface area contributed by atoms with E-state index in [1.807, 2.05) is 0 Å². The van der Waals surface area contributed by atoms with Gasteiger partial charge in [0.15, 0.2) is 5.82 Å². The molecule has 0 spiro atoms. The summed E-state index contributed by atoms with van der Waals surface area (Å²) in [6.07, 6.45) is 0. The molecule has 1 N–H and O–H groups in total. The number of rotatable bonds is 2. The van der Waals surface area contributed by atoms with E-state index in [1.165, 1.54) is 5.56 Å². The summed E-state index contributed by atoms with van der Waals surface area (Å²) in [6.45, 7) is 8.46. The van der Waals surface area contributed by atoms with Gasteiger partial charge in [0.2, 0.25) is 0 Å². The van der Waals surface area contributed by atoms with Crippen LogP contribution in [0.3, 0.4) is 0 Å². The Morgan fingerprint density at radius 3 is 2.63 bits per heavy atom. The minimum Gasteiger partial charge on any atom is -0.308 e. The highest BCUT2D eigenvalue weighted by atomic mass is 15.3. The Morgan fingerprint density at radius 2 is 1.95 bits per heavy atom. The molecule has 0 saturated carbocycles. The van der Waals surface area contributed by atoms with Crippen LogP contribution in [0.15, 0.2) is 24.3 Å². The first kappa shape index (κ1) is 12.4. The van der Waals surface area contributed by atoms with Gasteiger partial charge < -0.3 is 9.88 Å². The maximum atomic E-state index is 4.37. The summed E-state index contributed by atoms with van der Waals surface area (Å²) >= 11 is 0. The highest BCUT2D eigenvalue weighted by molar-refractivity contribution is 5.56. The first-order valence-electron chi connectivity index (χ1n) is 6.93. The first-order chi connectivity index (χ1) is 9.16. The number of nitrogens with one attached hydrogen (secondary N) is 1. The van der Waals surface area contributed by atoms with Gasteiger partial charge in [-0.05, 0) is 18.4 Å². The second-order valence-corrected chi connectivity index (χ2v) is 5.49. The smallest absolute Gasteiger partial charge is 0.164 e. The topological polar surface area (TPSA) is 42.7 Å². The van der Waals surface area contributed by atoms with Crippen LogP contribution in [-0.4, -0.2) is 21.3 Å². The molecule has 0 saturated heterocycles. The lowest BCUT2D eigenvalue weighted by molar-refractivity contribution is 0.439. The van der Waals surface area contributed by atoms with Gasteiger partial charge in [-0.2, -0.15) is 0 Å². The molecule has 1 aromatic carbocycles. The number of benzene rings is 1. The third-order valence-corrected chi connectivity index (χ3v) is 3.79. The molecule has 0 bridgehead atoms. The van der Waals surface area contributed by atoms with E-state index >= 15 is 0 Å². The fraction of sp³-hybridized carbons (Fsp3) is 0.467. The van der Waals surface area contributed by atoms with Crippen molar-refractivity contribution in [1.82, 2.24) is 20.1 Å². The molecule has 1 atom stereocenters. The van der Waals surface area contributed by atoms with Crippen LogP contribution in [-0.2, 0) is 6.54 Å². The van der Waals surface area contributed by atoms with Crippen molar-refractivity contribution < 1.29 is 0 Å². The quantitative estimate of drug-likeness (QED) is 0.898. The fourth-order valence-corrected chi connectivity index (χ4v) is 2.57. The molecule has 4 nitrogen and oxygen atoms in total. The molecule has 2 heterocycles. The van der Waals surface area contributed by atoms with Crippen LogP contribution in [0.5, 0.6) is 0 Å². The Hall–Kier alpha value is -1.68. The molecule has 1 unspecified atom stereocenters. The van der Waals surface area contributed by atoms with Crippen LogP contribution in [0.4, 0.5) is 0 Å². The van der Waals surface area contributed by atoms with Gasteiger partial charge >= 0.3 is 0 Å². The Bertz CT molecular complexity index is 568. The Morgan fingerprint density at radius 1 is 1.21 bits per heavy atom. The van der Waals surface area contributed by atoms with Crippen LogP contribution < -0.4 is 5.32 Å². The lowest BCUT2D eigenvalue weighted by Crippen LogP contribution is -2.32. The fourth-order valence-electron chi connectivity index (χ4n) is 2.57. The van der Waals surface area contributed by atoms with Crippen LogP contribution in [0, 0.1) is 0 Å². The molecule has 2 aromatic rings. The van der Waals surface area contributed by atoms with Gasteiger partial charge in [0, 0.05) is 18.7 Å². The molecule has 1 aromatic heterocycles. The predicted molar refractivity (Wildman–Crippen MR) is 76.0 cm³/mol.